The topological polar surface area (TPSA) is 85.3 Å². The van der Waals surface area contributed by atoms with Gasteiger partial charge < -0.3 is 19.3 Å². The van der Waals surface area contributed by atoms with Gasteiger partial charge in [-0.2, -0.15) is 0 Å². The fraction of sp³-hybridized carbons (Fsp3) is 0.586. The first kappa shape index (κ1) is 28.1. The number of phenolic OH excluding ortho intramolecular Hbond substituents is 1. The summed E-state index contributed by atoms with van der Waals surface area (Å²) < 4.78 is 18.0. The highest BCUT2D eigenvalue weighted by atomic mass is 127. The highest BCUT2D eigenvalue weighted by Gasteiger charge is 2.56. The molecule has 2 saturated heterocycles. The summed E-state index contributed by atoms with van der Waals surface area (Å²) in [5, 5.41) is 10.2. The van der Waals surface area contributed by atoms with Crippen LogP contribution in [0.1, 0.15) is 57.9 Å². The Balaban J connectivity index is 1.56. The number of allylic oxidation sites excluding steroid dienone is 1. The van der Waals surface area contributed by atoms with Gasteiger partial charge in [0, 0.05) is 19.6 Å². The van der Waals surface area contributed by atoms with E-state index in [9.17, 15) is 14.7 Å². The third kappa shape index (κ3) is 5.61. The van der Waals surface area contributed by atoms with E-state index in [-0.39, 0.29) is 41.4 Å². The van der Waals surface area contributed by atoms with E-state index in [1.807, 2.05) is 19.1 Å². The van der Waals surface area contributed by atoms with Crippen LogP contribution in [0.25, 0.3) is 6.08 Å². The molecule has 2 aliphatic heterocycles. The molecule has 3 aliphatic rings. The molecule has 0 saturated carbocycles. The lowest BCUT2D eigenvalue weighted by Crippen LogP contribution is -2.35. The van der Waals surface area contributed by atoms with Gasteiger partial charge in [0.25, 0.3) is 0 Å². The summed E-state index contributed by atoms with van der Waals surface area (Å²) in [6.07, 6.45) is 7.12. The normalized spacial score (nSPS) is 25.6. The summed E-state index contributed by atoms with van der Waals surface area (Å²) in [4.78, 5) is 27.8. The molecule has 2 heterocycles. The molecule has 1 N–H and O–H groups in total. The summed E-state index contributed by atoms with van der Waals surface area (Å²) >= 11 is 2.12. The maximum absolute atomic E-state index is 13.3. The molecule has 1 aliphatic carbocycles. The first-order valence-electron chi connectivity index (χ1n) is 13.3. The quantitative estimate of drug-likeness (QED) is 0.204. The summed E-state index contributed by atoms with van der Waals surface area (Å²) in [6, 6.07) is 3.82. The monoisotopic (exact) mass is 623 g/mol. The second-order valence-electron chi connectivity index (χ2n) is 10.2. The van der Waals surface area contributed by atoms with E-state index >= 15 is 0 Å². The second kappa shape index (κ2) is 12.3. The van der Waals surface area contributed by atoms with E-state index in [2.05, 4.69) is 35.6 Å². The number of likely N-dealkylation sites (tertiary alicyclic amines) is 1. The number of hydrogen-bond acceptors (Lipinski definition) is 6. The van der Waals surface area contributed by atoms with E-state index in [1.165, 1.54) is 16.0 Å². The number of methoxy groups -OCH3 is 2. The Morgan fingerprint density at radius 2 is 1.95 bits per heavy atom. The molecule has 0 aromatic heterocycles. The Kier molecular flexibility index (Phi) is 9.34. The van der Waals surface area contributed by atoms with Crippen molar-refractivity contribution < 1.29 is 28.9 Å². The molecule has 4 atom stereocenters. The van der Waals surface area contributed by atoms with Crippen LogP contribution in [-0.2, 0) is 19.1 Å². The van der Waals surface area contributed by atoms with Crippen LogP contribution in [0.4, 0.5) is 0 Å². The van der Waals surface area contributed by atoms with Gasteiger partial charge in [-0.3, -0.25) is 14.5 Å². The second-order valence-corrected chi connectivity index (χ2v) is 11.4. The van der Waals surface area contributed by atoms with Crippen LogP contribution < -0.4 is 4.74 Å². The number of halogens is 1. The first-order chi connectivity index (χ1) is 17.8. The first-order valence-corrected chi connectivity index (χ1v) is 14.4. The maximum atomic E-state index is 13.3. The molecule has 7 nitrogen and oxygen atoms in total. The van der Waals surface area contributed by atoms with Crippen molar-refractivity contribution in [2.75, 3.05) is 34.0 Å². The van der Waals surface area contributed by atoms with E-state index in [4.69, 9.17) is 14.2 Å². The molecule has 8 heteroatoms. The van der Waals surface area contributed by atoms with Crippen LogP contribution in [0.3, 0.4) is 0 Å². The lowest BCUT2D eigenvalue weighted by atomic mass is 9.69. The molecule has 1 aromatic rings. The molecular formula is C29H38INO6. The van der Waals surface area contributed by atoms with E-state index in [1.54, 1.807) is 14.2 Å². The van der Waals surface area contributed by atoms with Crippen LogP contribution in [0, 0.1) is 21.3 Å². The van der Waals surface area contributed by atoms with Crippen LogP contribution >= 0.6 is 22.6 Å². The van der Waals surface area contributed by atoms with Crippen LogP contribution in [0.5, 0.6) is 11.5 Å². The zero-order valence-electron chi connectivity index (χ0n) is 22.2. The number of ether oxygens (including phenoxy) is 3. The Morgan fingerprint density at radius 3 is 2.62 bits per heavy atom. The zero-order chi connectivity index (χ0) is 26.7. The highest BCUT2D eigenvalue weighted by Crippen LogP contribution is 2.50. The van der Waals surface area contributed by atoms with Gasteiger partial charge in [0.15, 0.2) is 11.5 Å². The number of imide groups is 1. The summed E-state index contributed by atoms with van der Waals surface area (Å²) in [7, 11) is 3.24. The summed E-state index contributed by atoms with van der Waals surface area (Å²) in [5.41, 5.74) is 4.63. The number of carbonyl (C=O) groups is 2. The third-order valence-corrected chi connectivity index (χ3v) is 8.63. The number of aromatic hydroxyl groups is 1. The molecule has 0 spiro atoms. The largest absolute Gasteiger partial charge is 0.504 e. The molecule has 0 unspecified atom stereocenters. The zero-order valence-corrected chi connectivity index (χ0v) is 24.4. The number of hydrogen-bond donors (Lipinski definition) is 1. The van der Waals surface area contributed by atoms with E-state index in [0.29, 0.717) is 31.9 Å². The minimum Gasteiger partial charge on any atom is -0.504 e. The predicted octanol–water partition coefficient (Wildman–Crippen LogP) is 5.34. The van der Waals surface area contributed by atoms with Gasteiger partial charge in [-0.1, -0.05) is 31.9 Å². The van der Waals surface area contributed by atoms with Crippen LogP contribution in [0.2, 0.25) is 0 Å². The average Bonchev–Trinajstić information content (AvgIpc) is 3.40. The van der Waals surface area contributed by atoms with Crippen LogP contribution in [0.15, 0.2) is 28.9 Å². The molecular weight excluding hydrogens is 585 g/mol. The lowest BCUT2D eigenvalue weighted by Gasteiger charge is -2.31. The molecule has 1 aromatic carbocycles. The van der Waals surface area contributed by atoms with E-state index in [0.717, 1.165) is 46.8 Å². The molecule has 0 bridgehead atoms. The van der Waals surface area contributed by atoms with Gasteiger partial charge in [0.1, 0.15) is 0 Å². The molecule has 2 amide bonds. The van der Waals surface area contributed by atoms with Gasteiger partial charge in [-0.15, -0.1) is 0 Å². The number of phenols is 1. The van der Waals surface area contributed by atoms with Crippen molar-refractivity contribution in [1.82, 2.24) is 4.90 Å². The number of nitrogens with zero attached hydrogens (tertiary/aromatic N) is 1. The van der Waals surface area contributed by atoms with Crippen molar-refractivity contribution in [2.24, 2.45) is 17.8 Å². The standard InChI is InChI=1S/C29H38INO6/c1-5-7-17(11-18-12-22(30)27(32)24(13-18)36-4)8-9-23-25-19(15-35-3)14-20-26(21(25)16-37-23)29(34)31(10-6-2)28(20)33/h11-13,20-21,23,26,32H,5-10,14-16H2,1-4H3/b17-11+/t20-,21+,23-,26-/m1/s1. The summed E-state index contributed by atoms with van der Waals surface area (Å²) in [6.45, 7) is 5.60. The van der Waals surface area contributed by atoms with Gasteiger partial charge in [0.2, 0.25) is 11.8 Å². The lowest BCUT2D eigenvalue weighted by molar-refractivity contribution is -0.140. The average molecular weight is 624 g/mol. The van der Waals surface area contributed by atoms with Crippen molar-refractivity contribution >= 4 is 40.5 Å². The number of fused-ring (bicyclic) bond motifs is 3. The molecule has 4 rings (SSSR count). The Hall–Kier alpha value is -1.91. The molecule has 37 heavy (non-hydrogen) atoms. The minimum atomic E-state index is -0.308. The van der Waals surface area contributed by atoms with Crippen molar-refractivity contribution in [1.29, 1.82) is 0 Å². The molecule has 202 valence electrons. The number of benzene rings is 1. The van der Waals surface area contributed by atoms with Crippen molar-refractivity contribution in [3.8, 4) is 11.5 Å². The number of carbonyl (C=O) groups excluding carboxylic acids is 2. The number of rotatable bonds is 11. The minimum absolute atomic E-state index is 0.0254. The fourth-order valence-electron chi connectivity index (χ4n) is 6.26. The Labute approximate surface area is 233 Å². The van der Waals surface area contributed by atoms with Gasteiger partial charge in [0.05, 0.1) is 41.8 Å². The Morgan fingerprint density at radius 1 is 1.16 bits per heavy atom. The third-order valence-electron chi connectivity index (χ3n) is 7.81. The van der Waals surface area contributed by atoms with Crippen molar-refractivity contribution in [3.63, 3.8) is 0 Å². The van der Waals surface area contributed by atoms with Crippen molar-refractivity contribution in [2.45, 2.75) is 58.5 Å². The predicted molar refractivity (Wildman–Crippen MR) is 150 cm³/mol. The van der Waals surface area contributed by atoms with E-state index < -0.39 is 0 Å². The summed E-state index contributed by atoms with van der Waals surface area (Å²) in [5.74, 6) is -0.0701. The molecule has 0 radical (unpaired) electrons. The smallest absolute Gasteiger partial charge is 0.233 e. The van der Waals surface area contributed by atoms with Crippen molar-refractivity contribution in [3.05, 3.63) is 38.0 Å². The maximum Gasteiger partial charge on any atom is 0.233 e. The highest BCUT2D eigenvalue weighted by molar-refractivity contribution is 14.1. The van der Waals surface area contributed by atoms with Gasteiger partial charge in [-0.05, 0) is 83.5 Å². The van der Waals surface area contributed by atoms with Gasteiger partial charge >= 0.3 is 0 Å². The SMILES string of the molecule is CCC/C(=C\c1cc(I)c(O)c(OC)c1)CC[C@H]1OC[C@H]2C1=C(COC)C[C@H]1C(=O)N(CCC)C(=O)[C@H]12. The molecule has 2 fully saturated rings. The van der Waals surface area contributed by atoms with Gasteiger partial charge in [-0.25, -0.2) is 0 Å². The van der Waals surface area contributed by atoms with Crippen LogP contribution in [-0.4, -0.2) is 61.9 Å². The number of amides is 2. The Bertz CT molecular complexity index is 1100. The fourth-order valence-corrected chi connectivity index (χ4v) is 6.89.